The first-order valence-electron chi connectivity index (χ1n) is 8.03. The number of nitrogens with zero attached hydrogens (tertiary/aromatic N) is 4. The Morgan fingerprint density at radius 2 is 1.81 bits per heavy atom. The van der Waals surface area contributed by atoms with Gasteiger partial charge >= 0.3 is 0 Å². The van der Waals surface area contributed by atoms with E-state index in [9.17, 15) is 10.3 Å². The van der Waals surface area contributed by atoms with Gasteiger partial charge in [-0.3, -0.25) is 4.57 Å². The number of para-hydroxylation sites is 1. The number of phenolic OH excluding ortho intramolecular Hbond substituents is 1. The molecule has 0 bridgehead atoms. The standard InChI is InChI=1S/C19H17N5O2/c1-12-10-11-21-24(12)19-17(18(20)22-26)15-4-2-3-5-16(15)23(19)13-6-8-14(25)9-7-13/h2-11,25-26H,1H3,(H2,20,22). The number of hydrogen-bond donors (Lipinski definition) is 3. The average molecular weight is 347 g/mol. The van der Waals surface area contributed by atoms with Crippen LogP contribution in [0.5, 0.6) is 5.75 Å². The van der Waals surface area contributed by atoms with Crippen molar-refractivity contribution in [2.45, 2.75) is 6.92 Å². The minimum absolute atomic E-state index is 0.00336. The van der Waals surface area contributed by atoms with Crippen molar-refractivity contribution in [1.29, 1.82) is 0 Å². The molecule has 130 valence electrons. The van der Waals surface area contributed by atoms with E-state index in [1.807, 2.05) is 41.8 Å². The van der Waals surface area contributed by atoms with Gasteiger partial charge in [-0.1, -0.05) is 23.4 Å². The summed E-state index contributed by atoms with van der Waals surface area (Å²) in [5, 5.41) is 27.5. The first kappa shape index (κ1) is 15.8. The fraction of sp³-hybridized carbons (Fsp3) is 0.0526. The molecule has 0 atom stereocenters. The van der Waals surface area contributed by atoms with E-state index >= 15 is 0 Å². The number of nitrogens with two attached hydrogens (primary N) is 1. The molecule has 0 saturated heterocycles. The van der Waals surface area contributed by atoms with E-state index in [0.717, 1.165) is 22.3 Å². The molecule has 2 aromatic carbocycles. The normalized spacial score (nSPS) is 12.0. The molecular formula is C19H17N5O2. The van der Waals surface area contributed by atoms with Gasteiger partial charge in [0.25, 0.3) is 0 Å². The van der Waals surface area contributed by atoms with Crippen molar-refractivity contribution >= 4 is 16.7 Å². The molecule has 0 aliphatic carbocycles. The number of rotatable bonds is 3. The van der Waals surface area contributed by atoms with Crippen LogP contribution in [-0.2, 0) is 0 Å². The maximum Gasteiger partial charge on any atom is 0.174 e. The molecule has 0 saturated carbocycles. The number of phenols is 1. The molecule has 0 radical (unpaired) electrons. The summed E-state index contributed by atoms with van der Waals surface area (Å²) in [6, 6.07) is 16.4. The summed E-state index contributed by atoms with van der Waals surface area (Å²) in [4.78, 5) is 0. The highest BCUT2D eigenvalue weighted by Crippen LogP contribution is 2.33. The van der Waals surface area contributed by atoms with Crippen LogP contribution in [0.3, 0.4) is 0 Å². The lowest BCUT2D eigenvalue weighted by atomic mass is 10.1. The number of fused-ring (bicyclic) bond motifs is 1. The second-order valence-corrected chi connectivity index (χ2v) is 5.94. The minimum Gasteiger partial charge on any atom is -0.508 e. The van der Waals surface area contributed by atoms with E-state index in [2.05, 4.69) is 10.3 Å². The molecule has 0 spiro atoms. The topological polar surface area (TPSA) is 102 Å². The Bertz CT molecular complexity index is 1120. The van der Waals surface area contributed by atoms with Crippen molar-refractivity contribution in [3.05, 3.63) is 72.1 Å². The monoisotopic (exact) mass is 347 g/mol. The highest BCUT2D eigenvalue weighted by Gasteiger charge is 2.23. The number of aromatic nitrogens is 3. The van der Waals surface area contributed by atoms with Crippen LogP contribution in [0, 0.1) is 6.92 Å². The SMILES string of the molecule is Cc1ccnn1-c1c(C(N)=NO)c2ccccc2n1-c1ccc(O)cc1. The molecule has 0 fully saturated rings. The van der Waals surface area contributed by atoms with Crippen molar-refractivity contribution in [2.24, 2.45) is 10.9 Å². The van der Waals surface area contributed by atoms with E-state index < -0.39 is 0 Å². The fourth-order valence-corrected chi connectivity index (χ4v) is 3.18. The van der Waals surface area contributed by atoms with E-state index in [4.69, 9.17) is 5.73 Å². The quantitative estimate of drug-likeness (QED) is 0.229. The molecule has 0 amide bonds. The van der Waals surface area contributed by atoms with Crippen molar-refractivity contribution in [3.63, 3.8) is 0 Å². The van der Waals surface area contributed by atoms with Crippen LogP contribution >= 0.6 is 0 Å². The second-order valence-electron chi connectivity index (χ2n) is 5.94. The average Bonchev–Trinajstić information content (AvgIpc) is 3.22. The van der Waals surface area contributed by atoms with Crippen LogP contribution in [-0.4, -0.2) is 30.5 Å². The summed E-state index contributed by atoms with van der Waals surface area (Å²) in [5.74, 6) is 0.844. The van der Waals surface area contributed by atoms with E-state index in [1.165, 1.54) is 0 Å². The third-order valence-corrected chi connectivity index (χ3v) is 4.35. The zero-order valence-electron chi connectivity index (χ0n) is 14.0. The summed E-state index contributed by atoms with van der Waals surface area (Å²) < 4.78 is 3.72. The van der Waals surface area contributed by atoms with Crippen LogP contribution in [0.25, 0.3) is 22.4 Å². The number of aromatic hydroxyl groups is 1. The van der Waals surface area contributed by atoms with Crippen LogP contribution in [0.4, 0.5) is 0 Å². The van der Waals surface area contributed by atoms with Crippen molar-refractivity contribution in [2.75, 3.05) is 0 Å². The van der Waals surface area contributed by atoms with Crippen LogP contribution in [0.2, 0.25) is 0 Å². The summed E-state index contributed by atoms with van der Waals surface area (Å²) in [6.07, 6.45) is 1.70. The van der Waals surface area contributed by atoms with Gasteiger partial charge in [-0.05, 0) is 43.3 Å². The van der Waals surface area contributed by atoms with Gasteiger partial charge in [-0.25, -0.2) is 4.68 Å². The first-order valence-corrected chi connectivity index (χ1v) is 8.03. The van der Waals surface area contributed by atoms with Gasteiger partial charge in [-0.2, -0.15) is 5.10 Å². The maximum absolute atomic E-state index is 9.65. The van der Waals surface area contributed by atoms with Crippen molar-refractivity contribution in [1.82, 2.24) is 14.3 Å². The van der Waals surface area contributed by atoms with E-state index in [1.54, 1.807) is 35.1 Å². The summed E-state index contributed by atoms with van der Waals surface area (Å²) in [6.45, 7) is 1.93. The fourth-order valence-electron chi connectivity index (χ4n) is 3.18. The number of amidine groups is 1. The summed E-state index contributed by atoms with van der Waals surface area (Å²) in [7, 11) is 0. The van der Waals surface area contributed by atoms with Crippen molar-refractivity contribution < 1.29 is 10.3 Å². The van der Waals surface area contributed by atoms with Crippen LogP contribution in [0.1, 0.15) is 11.3 Å². The van der Waals surface area contributed by atoms with Gasteiger partial charge in [0.15, 0.2) is 11.7 Å². The lowest BCUT2D eigenvalue weighted by molar-refractivity contribution is 0.318. The Kier molecular flexibility index (Phi) is 3.62. The van der Waals surface area contributed by atoms with E-state index in [-0.39, 0.29) is 11.6 Å². The Labute approximate surface area is 149 Å². The molecule has 7 heteroatoms. The smallest absolute Gasteiger partial charge is 0.174 e. The summed E-state index contributed by atoms with van der Waals surface area (Å²) >= 11 is 0. The lowest BCUT2D eigenvalue weighted by Crippen LogP contribution is -2.18. The number of oxime groups is 1. The molecule has 4 aromatic rings. The molecule has 26 heavy (non-hydrogen) atoms. The largest absolute Gasteiger partial charge is 0.508 e. The third-order valence-electron chi connectivity index (χ3n) is 4.35. The van der Waals surface area contributed by atoms with Gasteiger partial charge in [0.05, 0.1) is 11.1 Å². The van der Waals surface area contributed by atoms with Gasteiger partial charge in [-0.15, -0.1) is 0 Å². The van der Waals surface area contributed by atoms with Gasteiger partial charge < -0.3 is 16.0 Å². The first-order chi connectivity index (χ1) is 12.6. The molecule has 2 aromatic heterocycles. The van der Waals surface area contributed by atoms with Gasteiger partial charge in [0, 0.05) is 23.0 Å². The molecule has 0 unspecified atom stereocenters. The molecule has 0 aliphatic heterocycles. The lowest BCUT2D eigenvalue weighted by Gasteiger charge is -2.13. The van der Waals surface area contributed by atoms with Crippen LogP contribution in [0.15, 0.2) is 65.9 Å². The number of benzene rings is 2. The molecule has 7 nitrogen and oxygen atoms in total. The number of aryl methyl sites for hydroxylation is 1. The second kappa shape index (κ2) is 5.96. The summed E-state index contributed by atoms with van der Waals surface area (Å²) in [5.41, 5.74) is 9.23. The number of hydrogen-bond acceptors (Lipinski definition) is 4. The maximum atomic E-state index is 9.65. The molecule has 0 aliphatic rings. The Morgan fingerprint density at radius 1 is 1.08 bits per heavy atom. The molecule has 4 rings (SSSR count). The zero-order chi connectivity index (χ0) is 18.3. The minimum atomic E-state index is 0.00336. The predicted octanol–water partition coefficient (Wildman–Crippen LogP) is 2.92. The van der Waals surface area contributed by atoms with Gasteiger partial charge in [0.1, 0.15) is 5.75 Å². The van der Waals surface area contributed by atoms with E-state index in [0.29, 0.717) is 11.4 Å². The Hall–Kier alpha value is -3.74. The van der Waals surface area contributed by atoms with Crippen molar-refractivity contribution in [3.8, 4) is 17.3 Å². The molecule has 4 N–H and O–H groups in total. The van der Waals surface area contributed by atoms with Crippen LogP contribution < -0.4 is 5.73 Å². The molecule has 2 heterocycles. The van der Waals surface area contributed by atoms with Gasteiger partial charge in [0.2, 0.25) is 0 Å². The highest BCUT2D eigenvalue weighted by atomic mass is 16.4. The third kappa shape index (κ3) is 2.29. The Morgan fingerprint density at radius 3 is 2.46 bits per heavy atom. The highest BCUT2D eigenvalue weighted by molar-refractivity contribution is 6.12. The molecular weight excluding hydrogens is 330 g/mol. The Balaban J connectivity index is 2.19. The predicted molar refractivity (Wildman–Crippen MR) is 99.3 cm³/mol. The zero-order valence-corrected chi connectivity index (χ0v) is 14.0.